The SMILES string of the molecule is COc1ccc(CNC(=S)c2ccc(OCc3ccc(Cl)cc3)c(Cl)c2)cc1. The maximum absolute atomic E-state index is 6.37. The minimum atomic E-state index is 0.413. The molecule has 3 aromatic rings. The van der Waals surface area contributed by atoms with Crippen molar-refractivity contribution in [3.05, 3.63) is 93.5 Å². The second-order valence-electron chi connectivity index (χ2n) is 6.09. The Kier molecular flexibility index (Phi) is 7.15. The van der Waals surface area contributed by atoms with Gasteiger partial charge in [-0.05, 0) is 53.6 Å². The number of ether oxygens (including phenoxy) is 2. The van der Waals surface area contributed by atoms with Gasteiger partial charge in [0.2, 0.25) is 0 Å². The molecule has 6 heteroatoms. The monoisotopic (exact) mass is 431 g/mol. The molecule has 0 amide bonds. The normalized spacial score (nSPS) is 10.4. The summed E-state index contributed by atoms with van der Waals surface area (Å²) in [5.41, 5.74) is 2.96. The van der Waals surface area contributed by atoms with Crippen molar-refractivity contribution in [1.29, 1.82) is 0 Å². The van der Waals surface area contributed by atoms with E-state index in [-0.39, 0.29) is 0 Å². The topological polar surface area (TPSA) is 30.5 Å². The van der Waals surface area contributed by atoms with E-state index in [1.807, 2.05) is 66.7 Å². The lowest BCUT2D eigenvalue weighted by atomic mass is 10.2. The largest absolute Gasteiger partial charge is 0.497 e. The average Bonchev–Trinajstić information content (AvgIpc) is 2.72. The zero-order chi connectivity index (χ0) is 19.9. The lowest BCUT2D eigenvalue weighted by Crippen LogP contribution is -2.21. The van der Waals surface area contributed by atoms with Gasteiger partial charge < -0.3 is 14.8 Å². The number of halogens is 2. The van der Waals surface area contributed by atoms with E-state index in [9.17, 15) is 0 Å². The summed E-state index contributed by atoms with van der Waals surface area (Å²) < 4.78 is 11.0. The number of rotatable bonds is 7. The Morgan fingerprint density at radius 1 is 0.929 bits per heavy atom. The molecule has 0 unspecified atom stereocenters. The highest BCUT2D eigenvalue weighted by atomic mass is 35.5. The summed E-state index contributed by atoms with van der Waals surface area (Å²) >= 11 is 17.7. The van der Waals surface area contributed by atoms with Gasteiger partial charge >= 0.3 is 0 Å². The van der Waals surface area contributed by atoms with Crippen molar-refractivity contribution >= 4 is 40.4 Å². The Balaban J connectivity index is 1.57. The molecule has 0 fully saturated rings. The first-order valence-corrected chi connectivity index (χ1v) is 9.79. The predicted octanol–water partition coefficient (Wildman–Crippen LogP) is 6.05. The van der Waals surface area contributed by atoms with E-state index >= 15 is 0 Å². The van der Waals surface area contributed by atoms with Crippen LogP contribution in [-0.4, -0.2) is 12.1 Å². The highest BCUT2D eigenvalue weighted by Gasteiger charge is 2.07. The van der Waals surface area contributed by atoms with Crippen LogP contribution in [-0.2, 0) is 13.2 Å². The van der Waals surface area contributed by atoms with Crippen LogP contribution in [0.4, 0.5) is 0 Å². The van der Waals surface area contributed by atoms with Crippen molar-refractivity contribution in [2.24, 2.45) is 0 Å². The van der Waals surface area contributed by atoms with Crippen LogP contribution in [0.1, 0.15) is 16.7 Å². The number of nitrogens with one attached hydrogen (secondary N) is 1. The molecule has 3 nitrogen and oxygen atoms in total. The first kappa shape index (κ1) is 20.5. The summed E-state index contributed by atoms with van der Waals surface area (Å²) in [4.78, 5) is 0.627. The van der Waals surface area contributed by atoms with Crippen LogP contribution in [0, 0.1) is 0 Å². The summed E-state index contributed by atoms with van der Waals surface area (Å²) in [6.07, 6.45) is 0. The average molecular weight is 432 g/mol. The third-order valence-corrected chi connectivity index (χ3v) is 5.04. The first-order valence-electron chi connectivity index (χ1n) is 8.63. The molecule has 0 spiro atoms. The molecule has 0 aliphatic heterocycles. The summed E-state index contributed by atoms with van der Waals surface area (Å²) in [5, 5.41) is 4.45. The molecule has 28 heavy (non-hydrogen) atoms. The number of hydrogen-bond donors (Lipinski definition) is 1. The second kappa shape index (κ2) is 9.78. The molecule has 0 atom stereocenters. The highest BCUT2D eigenvalue weighted by molar-refractivity contribution is 7.80. The van der Waals surface area contributed by atoms with Crippen LogP contribution in [0.5, 0.6) is 11.5 Å². The quantitative estimate of drug-likeness (QED) is 0.461. The summed E-state index contributed by atoms with van der Waals surface area (Å²) in [7, 11) is 1.65. The van der Waals surface area contributed by atoms with Gasteiger partial charge in [-0.25, -0.2) is 0 Å². The first-order chi connectivity index (χ1) is 13.5. The molecule has 0 heterocycles. The lowest BCUT2D eigenvalue weighted by molar-refractivity contribution is 0.306. The van der Waals surface area contributed by atoms with Crippen LogP contribution in [0.3, 0.4) is 0 Å². The number of hydrogen-bond acceptors (Lipinski definition) is 3. The van der Waals surface area contributed by atoms with Gasteiger partial charge in [-0.2, -0.15) is 0 Å². The van der Waals surface area contributed by atoms with Gasteiger partial charge in [0.1, 0.15) is 23.1 Å². The number of benzene rings is 3. The Bertz CT molecular complexity index is 944. The van der Waals surface area contributed by atoms with E-state index in [1.165, 1.54) is 0 Å². The van der Waals surface area contributed by atoms with Crippen molar-refractivity contribution in [2.45, 2.75) is 13.2 Å². The fraction of sp³-hybridized carbons (Fsp3) is 0.136. The molecule has 0 bridgehead atoms. The van der Waals surface area contributed by atoms with E-state index in [2.05, 4.69) is 5.32 Å². The maximum Gasteiger partial charge on any atom is 0.138 e. The summed E-state index contributed by atoms with van der Waals surface area (Å²) in [6.45, 7) is 1.03. The maximum atomic E-state index is 6.37. The van der Waals surface area contributed by atoms with Gasteiger partial charge in [0.15, 0.2) is 0 Å². The third kappa shape index (κ3) is 5.61. The molecule has 0 aromatic heterocycles. The molecule has 144 valence electrons. The van der Waals surface area contributed by atoms with Crippen LogP contribution < -0.4 is 14.8 Å². The Morgan fingerprint density at radius 2 is 1.61 bits per heavy atom. The van der Waals surface area contributed by atoms with Crippen molar-refractivity contribution in [2.75, 3.05) is 7.11 Å². The lowest BCUT2D eigenvalue weighted by Gasteiger charge is -2.12. The van der Waals surface area contributed by atoms with E-state index in [0.717, 1.165) is 22.4 Å². The van der Waals surface area contributed by atoms with E-state index < -0.39 is 0 Å². The molecule has 3 rings (SSSR count). The zero-order valence-corrected chi connectivity index (χ0v) is 17.6. The number of methoxy groups -OCH3 is 1. The molecule has 3 aromatic carbocycles. The van der Waals surface area contributed by atoms with Crippen molar-refractivity contribution in [1.82, 2.24) is 5.32 Å². The van der Waals surface area contributed by atoms with Crippen LogP contribution in [0.2, 0.25) is 10.0 Å². The minimum Gasteiger partial charge on any atom is -0.497 e. The van der Waals surface area contributed by atoms with Gasteiger partial charge in [0.25, 0.3) is 0 Å². The van der Waals surface area contributed by atoms with Crippen LogP contribution in [0.25, 0.3) is 0 Å². The van der Waals surface area contributed by atoms with E-state index in [1.54, 1.807) is 7.11 Å². The van der Waals surface area contributed by atoms with Gasteiger partial charge in [-0.1, -0.05) is 59.7 Å². The molecule has 0 aliphatic carbocycles. The van der Waals surface area contributed by atoms with Gasteiger partial charge in [-0.3, -0.25) is 0 Å². The van der Waals surface area contributed by atoms with Crippen LogP contribution >= 0.6 is 35.4 Å². The fourth-order valence-corrected chi connectivity index (χ4v) is 3.09. The predicted molar refractivity (Wildman–Crippen MR) is 119 cm³/mol. The van der Waals surface area contributed by atoms with Crippen molar-refractivity contribution < 1.29 is 9.47 Å². The van der Waals surface area contributed by atoms with Gasteiger partial charge in [-0.15, -0.1) is 0 Å². The summed E-state index contributed by atoms with van der Waals surface area (Å²) in [5.74, 6) is 1.44. The Morgan fingerprint density at radius 3 is 2.25 bits per heavy atom. The van der Waals surface area contributed by atoms with Gasteiger partial charge in [0, 0.05) is 17.1 Å². The van der Waals surface area contributed by atoms with Crippen molar-refractivity contribution in [3.8, 4) is 11.5 Å². The smallest absolute Gasteiger partial charge is 0.138 e. The number of thiocarbonyl (C=S) groups is 1. The minimum absolute atomic E-state index is 0.413. The Hall–Kier alpha value is -2.27. The molecule has 0 aliphatic rings. The molecule has 0 saturated heterocycles. The third-order valence-electron chi connectivity index (χ3n) is 4.11. The summed E-state index contributed by atoms with van der Waals surface area (Å²) in [6, 6.07) is 20.9. The fourth-order valence-electron chi connectivity index (χ4n) is 2.53. The zero-order valence-electron chi connectivity index (χ0n) is 15.2. The van der Waals surface area contributed by atoms with Crippen molar-refractivity contribution in [3.63, 3.8) is 0 Å². The second-order valence-corrected chi connectivity index (χ2v) is 7.34. The molecule has 1 N–H and O–H groups in total. The molecular weight excluding hydrogens is 413 g/mol. The van der Waals surface area contributed by atoms with Gasteiger partial charge in [0.05, 0.1) is 12.1 Å². The molecular formula is C22H19Cl2NO2S. The van der Waals surface area contributed by atoms with E-state index in [4.69, 9.17) is 44.9 Å². The molecule has 0 saturated carbocycles. The standard InChI is InChI=1S/C22H19Cl2NO2S/c1-26-19-9-4-15(5-10-19)13-25-22(28)17-6-11-21(20(24)12-17)27-14-16-2-7-18(23)8-3-16/h2-12H,13-14H2,1H3,(H,25,28). The van der Waals surface area contributed by atoms with Crippen LogP contribution in [0.15, 0.2) is 66.7 Å². The Labute approximate surface area is 180 Å². The highest BCUT2D eigenvalue weighted by Crippen LogP contribution is 2.26. The molecule has 0 radical (unpaired) electrons. The van der Waals surface area contributed by atoms with E-state index in [0.29, 0.717) is 33.9 Å².